The van der Waals surface area contributed by atoms with Crippen LogP contribution in [-0.2, 0) is 11.0 Å². The van der Waals surface area contributed by atoms with Gasteiger partial charge >= 0.3 is 12.2 Å². The minimum Gasteiger partial charge on any atom is -0.463 e. The number of hydrogen-bond acceptors (Lipinski definition) is 8. The number of fused-ring (bicyclic) bond motifs is 3. The fourth-order valence-corrected chi connectivity index (χ4v) is 6.20. The first-order chi connectivity index (χ1) is 21.5. The number of benzene rings is 2. The van der Waals surface area contributed by atoms with Gasteiger partial charge in [0.25, 0.3) is 5.91 Å². The number of nitrogens with zero attached hydrogens (tertiary/aromatic N) is 6. The van der Waals surface area contributed by atoms with Crippen LogP contribution in [0.25, 0.3) is 33.0 Å². The standard InChI is InChI=1S/C32H30F4N6O3/c1-19(33)30(43)42-13-12-41(17-22(42)8-10-37)29-27-26(38-31(39-29)45-18-23-7-4-11-40(23)2)16-25(24-9-14-44-28(24)27)20-5-3-6-21(15-20)32(34,35)36/h3,5-6,9,14-16,22-23H,1,4,7-8,11-13,17-18H2,2H3/t22-,23-/m0/s1. The van der Waals surface area contributed by atoms with Crippen molar-refractivity contribution in [3.8, 4) is 23.2 Å². The molecule has 0 aliphatic carbocycles. The first-order valence-corrected chi connectivity index (χ1v) is 14.5. The van der Waals surface area contributed by atoms with E-state index < -0.39 is 29.5 Å². The molecule has 234 valence electrons. The van der Waals surface area contributed by atoms with Crippen molar-refractivity contribution in [2.24, 2.45) is 0 Å². The van der Waals surface area contributed by atoms with E-state index in [0.717, 1.165) is 31.5 Å². The van der Waals surface area contributed by atoms with E-state index >= 15 is 0 Å². The molecule has 0 unspecified atom stereocenters. The molecule has 2 atom stereocenters. The second-order valence-electron chi connectivity index (χ2n) is 11.3. The summed E-state index contributed by atoms with van der Waals surface area (Å²) < 4.78 is 66.7. The lowest BCUT2D eigenvalue weighted by Gasteiger charge is -2.41. The topological polar surface area (TPSA) is 98.7 Å². The molecular formula is C32H30F4N6O3. The molecule has 2 saturated heterocycles. The number of alkyl halides is 3. The highest BCUT2D eigenvalue weighted by Gasteiger charge is 2.35. The fourth-order valence-electron chi connectivity index (χ4n) is 6.20. The van der Waals surface area contributed by atoms with Crippen LogP contribution in [0.5, 0.6) is 6.01 Å². The van der Waals surface area contributed by atoms with Gasteiger partial charge in [-0.2, -0.15) is 28.4 Å². The SMILES string of the molecule is C=C(F)C(=O)N1CCN(c2nc(OC[C@@H]3CCCN3C)nc3cc(-c4cccc(C(F)(F)F)c4)c4ccoc4c23)C[C@@H]1CC#N. The molecular weight excluding hydrogens is 592 g/mol. The van der Waals surface area contributed by atoms with Crippen LogP contribution in [0.4, 0.5) is 23.4 Å². The van der Waals surface area contributed by atoms with Gasteiger partial charge in [-0.05, 0) is 61.8 Å². The zero-order valence-corrected chi connectivity index (χ0v) is 24.5. The number of amides is 1. The van der Waals surface area contributed by atoms with Gasteiger partial charge in [0.1, 0.15) is 18.0 Å². The molecule has 9 nitrogen and oxygen atoms in total. The van der Waals surface area contributed by atoms with Crippen LogP contribution in [0.3, 0.4) is 0 Å². The number of hydrogen-bond donors (Lipinski definition) is 0. The first kappa shape index (κ1) is 30.3. The van der Waals surface area contributed by atoms with Gasteiger partial charge in [-0.1, -0.05) is 18.7 Å². The number of likely N-dealkylation sites (N-methyl/N-ethyl adjacent to an activating group) is 1. The van der Waals surface area contributed by atoms with Crippen LogP contribution in [0, 0.1) is 11.3 Å². The number of carbonyl (C=O) groups excluding carboxylic acids is 1. The summed E-state index contributed by atoms with van der Waals surface area (Å²) in [6.45, 7) is 4.91. The minimum absolute atomic E-state index is 0.0498. The first-order valence-electron chi connectivity index (χ1n) is 14.5. The van der Waals surface area contributed by atoms with E-state index in [9.17, 15) is 27.6 Å². The van der Waals surface area contributed by atoms with Crippen LogP contribution in [0.15, 0.2) is 59.5 Å². The van der Waals surface area contributed by atoms with Gasteiger partial charge in [0.15, 0.2) is 5.83 Å². The lowest BCUT2D eigenvalue weighted by molar-refractivity contribution is -0.137. The molecule has 0 radical (unpaired) electrons. The van der Waals surface area contributed by atoms with Crippen molar-refractivity contribution >= 4 is 33.6 Å². The Labute approximate surface area is 256 Å². The number of rotatable bonds is 7. The third-order valence-corrected chi connectivity index (χ3v) is 8.54. The highest BCUT2D eigenvalue weighted by atomic mass is 19.4. The smallest absolute Gasteiger partial charge is 0.416 e. The Morgan fingerprint density at radius 1 is 1.18 bits per heavy atom. The molecule has 0 bridgehead atoms. The van der Waals surface area contributed by atoms with Gasteiger partial charge in [0.2, 0.25) is 0 Å². The second kappa shape index (κ2) is 12.0. The summed E-state index contributed by atoms with van der Waals surface area (Å²) in [5.41, 5.74) is 0.794. The molecule has 2 aliphatic heterocycles. The van der Waals surface area contributed by atoms with Crippen LogP contribution in [-0.4, -0.2) is 77.6 Å². The van der Waals surface area contributed by atoms with E-state index in [1.165, 1.54) is 17.2 Å². The van der Waals surface area contributed by atoms with Crippen molar-refractivity contribution in [3.63, 3.8) is 0 Å². The summed E-state index contributed by atoms with van der Waals surface area (Å²) in [7, 11) is 2.02. The third kappa shape index (κ3) is 5.90. The molecule has 2 aromatic heterocycles. The summed E-state index contributed by atoms with van der Waals surface area (Å²) in [6.07, 6.45) is -1.13. The number of likely N-dealkylation sites (tertiary alicyclic amines) is 1. The largest absolute Gasteiger partial charge is 0.463 e. The maximum absolute atomic E-state index is 13.8. The van der Waals surface area contributed by atoms with Crippen LogP contribution in [0.1, 0.15) is 24.8 Å². The molecule has 0 N–H and O–H groups in total. The van der Waals surface area contributed by atoms with Crippen molar-refractivity contribution in [1.82, 2.24) is 19.8 Å². The summed E-state index contributed by atoms with van der Waals surface area (Å²) in [6, 6.07) is 10.1. The zero-order valence-electron chi connectivity index (χ0n) is 24.5. The summed E-state index contributed by atoms with van der Waals surface area (Å²) in [5.74, 6) is -1.56. The minimum atomic E-state index is -4.52. The maximum Gasteiger partial charge on any atom is 0.416 e. The molecule has 2 fully saturated rings. The van der Waals surface area contributed by atoms with E-state index in [1.54, 1.807) is 18.2 Å². The summed E-state index contributed by atoms with van der Waals surface area (Å²) in [4.78, 5) is 27.3. The Morgan fingerprint density at radius 2 is 2.00 bits per heavy atom. The Morgan fingerprint density at radius 3 is 2.71 bits per heavy atom. The Hall–Kier alpha value is -4.70. The van der Waals surface area contributed by atoms with Gasteiger partial charge in [0, 0.05) is 31.1 Å². The van der Waals surface area contributed by atoms with E-state index in [4.69, 9.17) is 14.1 Å². The van der Waals surface area contributed by atoms with Crippen molar-refractivity contribution < 1.29 is 31.5 Å². The molecule has 45 heavy (non-hydrogen) atoms. The molecule has 2 aromatic carbocycles. The highest BCUT2D eigenvalue weighted by molar-refractivity contribution is 6.14. The van der Waals surface area contributed by atoms with Crippen LogP contribution < -0.4 is 9.64 Å². The number of piperazine rings is 1. The zero-order chi connectivity index (χ0) is 31.9. The normalized spacial score (nSPS) is 19.3. The molecule has 2 aliphatic rings. The number of ether oxygens (including phenoxy) is 1. The molecule has 6 rings (SSSR count). The van der Waals surface area contributed by atoms with Crippen molar-refractivity contribution in [2.75, 3.05) is 44.7 Å². The third-order valence-electron chi connectivity index (χ3n) is 8.54. The second-order valence-corrected chi connectivity index (χ2v) is 11.3. The average Bonchev–Trinajstić information content (AvgIpc) is 3.67. The Bertz CT molecular complexity index is 1820. The number of halogens is 4. The van der Waals surface area contributed by atoms with Gasteiger partial charge in [-0.25, -0.2) is 4.39 Å². The molecule has 13 heteroatoms. The number of carbonyl (C=O) groups is 1. The monoisotopic (exact) mass is 622 g/mol. The molecule has 4 heterocycles. The van der Waals surface area contributed by atoms with E-state index in [1.807, 2.05) is 11.9 Å². The van der Waals surface area contributed by atoms with Crippen molar-refractivity contribution in [3.05, 3.63) is 60.6 Å². The number of aromatic nitrogens is 2. The summed E-state index contributed by atoms with van der Waals surface area (Å²) in [5, 5.41) is 10.5. The number of nitriles is 1. The predicted octanol–water partition coefficient (Wildman–Crippen LogP) is 5.95. The maximum atomic E-state index is 13.8. The Kier molecular flexibility index (Phi) is 8.09. The van der Waals surface area contributed by atoms with Crippen LogP contribution >= 0.6 is 0 Å². The van der Waals surface area contributed by atoms with Gasteiger partial charge in [-0.3, -0.25) is 4.79 Å². The molecule has 0 saturated carbocycles. The van der Waals surface area contributed by atoms with E-state index in [-0.39, 0.29) is 38.1 Å². The predicted molar refractivity (Wildman–Crippen MR) is 159 cm³/mol. The number of furan rings is 1. The van der Waals surface area contributed by atoms with Crippen molar-refractivity contribution in [2.45, 2.75) is 37.5 Å². The van der Waals surface area contributed by atoms with Crippen LogP contribution in [0.2, 0.25) is 0 Å². The van der Waals surface area contributed by atoms with Gasteiger partial charge in [-0.15, -0.1) is 0 Å². The number of anilines is 1. The lowest BCUT2D eigenvalue weighted by atomic mass is 9.97. The average molecular weight is 623 g/mol. The van der Waals surface area contributed by atoms with Gasteiger partial charge < -0.3 is 23.9 Å². The Balaban J connectivity index is 1.48. The van der Waals surface area contributed by atoms with Crippen molar-refractivity contribution in [1.29, 1.82) is 5.26 Å². The molecule has 1 amide bonds. The lowest BCUT2D eigenvalue weighted by Crippen LogP contribution is -2.55. The molecule has 4 aromatic rings. The quantitative estimate of drug-likeness (QED) is 0.184. The van der Waals surface area contributed by atoms with E-state index in [2.05, 4.69) is 22.5 Å². The van der Waals surface area contributed by atoms with E-state index in [0.29, 0.717) is 45.4 Å². The highest BCUT2D eigenvalue weighted by Crippen LogP contribution is 2.41. The summed E-state index contributed by atoms with van der Waals surface area (Å²) >= 11 is 0. The molecule has 0 spiro atoms. The fraction of sp³-hybridized carbons (Fsp3) is 0.375. The van der Waals surface area contributed by atoms with Gasteiger partial charge in [0.05, 0.1) is 41.3 Å².